The summed E-state index contributed by atoms with van der Waals surface area (Å²) in [5.41, 5.74) is 0.385. The van der Waals surface area contributed by atoms with Crippen molar-refractivity contribution in [3.05, 3.63) is 59.7 Å². The Morgan fingerprint density at radius 2 is 2.03 bits per heavy atom. The van der Waals surface area contributed by atoms with Gasteiger partial charge in [0.25, 0.3) is 11.8 Å². The van der Waals surface area contributed by atoms with Gasteiger partial charge in [0.05, 0.1) is 6.10 Å². The van der Waals surface area contributed by atoms with Crippen LogP contribution in [0.4, 0.5) is 10.5 Å². The van der Waals surface area contributed by atoms with Crippen molar-refractivity contribution in [2.45, 2.75) is 31.4 Å². The number of carbonyl (C=O) groups is 3. The molecule has 2 aromatic carbocycles. The second kappa shape index (κ2) is 8.16. The predicted octanol–water partition coefficient (Wildman–Crippen LogP) is 2.55. The van der Waals surface area contributed by atoms with Crippen LogP contribution >= 0.6 is 0 Å². The third kappa shape index (κ3) is 4.13. The molecule has 0 aromatic heterocycles. The molecule has 3 N–H and O–H groups in total. The molecule has 2 aromatic rings. The largest absolute Gasteiger partial charge is 0.491 e. The summed E-state index contributed by atoms with van der Waals surface area (Å²) in [4.78, 5) is 36.2. The van der Waals surface area contributed by atoms with E-state index >= 15 is 0 Å². The van der Waals surface area contributed by atoms with Gasteiger partial charge >= 0.3 is 6.03 Å². The molecule has 8 heteroatoms. The SMILES string of the molecule is C[C@]1(c2cccc(NC(=O)c3ccc(OC[C@@H]4CCCO4)cc3)c2)NC(=O)NC1=O. The zero-order valence-electron chi connectivity index (χ0n) is 16.6. The molecule has 0 unspecified atom stereocenters. The normalized spacial score (nSPS) is 23.0. The quantitative estimate of drug-likeness (QED) is 0.636. The highest BCUT2D eigenvalue weighted by atomic mass is 16.5. The number of nitrogens with one attached hydrogen (secondary N) is 3. The van der Waals surface area contributed by atoms with E-state index in [2.05, 4.69) is 16.0 Å². The number of ether oxygens (including phenoxy) is 2. The molecule has 2 heterocycles. The molecule has 2 fully saturated rings. The van der Waals surface area contributed by atoms with Crippen LogP contribution in [0.1, 0.15) is 35.7 Å². The van der Waals surface area contributed by atoms with Crippen LogP contribution in [0.5, 0.6) is 5.75 Å². The van der Waals surface area contributed by atoms with Crippen molar-refractivity contribution in [2.75, 3.05) is 18.5 Å². The summed E-state index contributed by atoms with van der Waals surface area (Å²) in [6.07, 6.45) is 2.20. The summed E-state index contributed by atoms with van der Waals surface area (Å²) < 4.78 is 11.2. The molecular weight excluding hydrogens is 386 g/mol. The Morgan fingerprint density at radius 3 is 2.70 bits per heavy atom. The number of amides is 4. The second-order valence-electron chi connectivity index (χ2n) is 7.54. The molecule has 2 atom stereocenters. The van der Waals surface area contributed by atoms with Crippen LogP contribution in [0.2, 0.25) is 0 Å². The fourth-order valence-corrected chi connectivity index (χ4v) is 3.53. The number of urea groups is 1. The maximum absolute atomic E-state index is 12.6. The lowest BCUT2D eigenvalue weighted by atomic mass is 9.92. The van der Waals surface area contributed by atoms with Crippen LogP contribution in [0.25, 0.3) is 0 Å². The van der Waals surface area contributed by atoms with Crippen molar-refractivity contribution in [3.63, 3.8) is 0 Å². The summed E-state index contributed by atoms with van der Waals surface area (Å²) in [6, 6.07) is 13.2. The average Bonchev–Trinajstić information content (AvgIpc) is 3.35. The van der Waals surface area contributed by atoms with Crippen molar-refractivity contribution in [1.29, 1.82) is 0 Å². The fraction of sp³-hybridized carbons (Fsp3) is 0.318. The molecule has 2 aliphatic rings. The van der Waals surface area contributed by atoms with Crippen LogP contribution in [-0.4, -0.2) is 37.2 Å². The van der Waals surface area contributed by atoms with Gasteiger partial charge in [0.15, 0.2) is 0 Å². The van der Waals surface area contributed by atoms with Gasteiger partial charge in [-0.15, -0.1) is 0 Å². The van der Waals surface area contributed by atoms with Crippen molar-refractivity contribution in [2.24, 2.45) is 0 Å². The number of imide groups is 1. The average molecular weight is 409 g/mol. The lowest BCUT2D eigenvalue weighted by Gasteiger charge is -2.21. The lowest BCUT2D eigenvalue weighted by molar-refractivity contribution is -0.123. The van der Waals surface area contributed by atoms with E-state index in [-0.39, 0.29) is 12.0 Å². The molecule has 0 radical (unpaired) electrons. The predicted molar refractivity (Wildman–Crippen MR) is 109 cm³/mol. The first-order valence-corrected chi connectivity index (χ1v) is 9.84. The summed E-state index contributed by atoms with van der Waals surface area (Å²) in [6.45, 7) is 2.90. The van der Waals surface area contributed by atoms with Gasteiger partial charge in [0, 0.05) is 17.9 Å². The molecule has 2 saturated heterocycles. The molecule has 8 nitrogen and oxygen atoms in total. The van der Waals surface area contributed by atoms with E-state index in [9.17, 15) is 14.4 Å². The van der Waals surface area contributed by atoms with Gasteiger partial charge in [-0.3, -0.25) is 14.9 Å². The Balaban J connectivity index is 1.40. The van der Waals surface area contributed by atoms with Gasteiger partial charge < -0.3 is 20.1 Å². The number of carbonyl (C=O) groups excluding carboxylic acids is 3. The summed E-state index contributed by atoms with van der Waals surface area (Å²) in [7, 11) is 0. The summed E-state index contributed by atoms with van der Waals surface area (Å²) >= 11 is 0. The van der Waals surface area contributed by atoms with E-state index in [0.29, 0.717) is 29.2 Å². The standard InChI is InChI=1S/C22H23N3O5/c1-22(20(27)24-21(28)25-22)15-4-2-5-16(12-15)23-19(26)14-7-9-17(10-8-14)30-13-18-6-3-11-29-18/h2,4-5,7-10,12,18H,3,6,11,13H2,1H3,(H,23,26)(H2,24,25,27,28)/t18-,22+/m0/s1. The smallest absolute Gasteiger partial charge is 0.322 e. The van der Waals surface area contributed by atoms with Gasteiger partial charge in [-0.2, -0.15) is 0 Å². The first-order chi connectivity index (χ1) is 14.4. The monoisotopic (exact) mass is 409 g/mol. The molecule has 2 aliphatic heterocycles. The van der Waals surface area contributed by atoms with Crippen LogP contribution in [0.3, 0.4) is 0 Å². The van der Waals surface area contributed by atoms with Crippen LogP contribution in [-0.2, 0) is 15.1 Å². The van der Waals surface area contributed by atoms with Gasteiger partial charge in [0.1, 0.15) is 17.9 Å². The third-order valence-corrected chi connectivity index (χ3v) is 5.32. The number of hydrogen-bond acceptors (Lipinski definition) is 5. The van der Waals surface area contributed by atoms with Crippen molar-refractivity contribution in [1.82, 2.24) is 10.6 Å². The van der Waals surface area contributed by atoms with Crippen molar-refractivity contribution < 1.29 is 23.9 Å². The molecule has 156 valence electrons. The van der Waals surface area contributed by atoms with Gasteiger partial charge in [0.2, 0.25) is 0 Å². The first-order valence-electron chi connectivity index (χ1n) is 9.84. The van der Waals surface area contributed by atoms with E-state index in [1.807, 2.05) is 0 Å². The van der Waals surface area contributed by atoms with E-state index in [0.717, 1.165) is 19.4 Å². The van der Waals surface area contributed by atoms with Crippen LogP contribution < -0.4 is 20.7 Å². The van der Waals surface area contributed by atoms with Crippen molar-refractivity contribution >= 4 is 23.5 Å². The minimum atomic E-state index is -1.18. The van der Waals surface area contributed by atoms with E-state index < -0.39 is 17.5 Å². The second-order valence-corrected chi connectivity index (χ2v) is 7.54. The summed E-state index contributed by atoms with van der Waals surface area (Å²) in [5.74, 6) is -0.0441. The molecule has 0 bridgehead atoms. The number of hydrogen-bond donors (Lipinski definition) is 3. The van der Waals surface area contributed by atoms with Crippen LogP contribution in [0.15, 0.2) is 48.5 Å². The molecule has 30 heavy (non-hydrogen) atoms. The molecule has 0 aliphatic carbocycles. The molecule has 4 rings (SSSR count). The molecular formula is C22H23N3O5. The van der Waals surface area contributed by atoms with E-state index in [1.54, 1.807) is 55.5 Å². The molecule has 0 saturated carbocycles. The highest BCUT2D eigenvalue weighted by Crippen LogP contribution is 2.27. The Morgan fingerprint density at radius 1 is 1.23 bits per heavy atom. The van der Waals surface area contributed by atoms with E-state index in [1.165, 1.54) is 0 Å². The summed E-state index contributed by atoms with van der Waals surface area (Å²) in [5, 5.41) is 7.66. The van der Waals surface area contributed by atoms with Crippen LogP contribution in [0, 0.1) is 0 Å². The molecule has 4 amide bonds. The van der Waals surface area contributed by atoms with Gasteiger partial charge in [-0.25, -0.2) is 4.79 Å². The number of anilines is 1. The Bertz CT molecular complexity index is 969. The zero-order chi connectivity index (χ0) is 21.1. The minimum absolute atomic E-state index is 0.133. The third-order valence-electron chi connectivity index (χ3n) is 5.32. The van der Waals surface area contributed by atoms with Crippen molar-refractivity contribution in [3.8, 4) is 5.75 Å². The molecule has 0 spiro atoms. The first kappa shape index (κ1) is 19.9. The maximum atomic E-state index is 12.6. The van der Waals surface area contributed by atoms with Gasteiger partial charge in [-0.05, 0) is 61.7 Å². The number of benzene rings is 2. The topological polar surface area (TPSA) is 106 Å². The highest BCUT2D eigenvalue weighted by Gasteiger charge is 2.43. The van der Waals surface area contributed by atoms with E-state index in [4.69, 9.17) is 9.47 Å². The van der Waals surface area contributed by atoms with Gasteiger partial charge in [-0.1, -0.05) is 12.1 Å². The maximum Gasteiger partial charge on any atom is 0.322 e. The Kier molecular flexibility index (Phi) is 5.41. The number of rotatable bonds is 6. The minimum Gasteiger partial charge on any atom is -0.491 e. The Labute approximate surface area is 173 Å². The Hall–Kier alpha value is -3.39. The fourth-order valence-electron chi connectivity index (χ4n) is 3.53. The zero-order valence-corrected chi connectivity index (χ0v) is 16.6. The highest BCUT2D eigenvalue weighted by molar-refractivity contribution is 6.07. The lowest BCUT2D eigenvalue weighted by Crippen LogP contribution is -2.40.